The second-order valence-corrected chi connectivity index (χ2v) is 14.1. The molecule has 0 spiro atoms. The van der Waals surface area contributed by atoms with E-state index in [1.807, 2.05) is 40.9 Å². The van der Waals surface area contributed by atoms with Gasteiger partial charge >= 0.3 is 0 Å². The number of hydrogen-bond donors (Lipinski definition) is 1. The molecule has 1 aliphatic carbocycles. The lowest BCUT2D eigenvalue weighted by atomic mass is 9.86. The number of aromatic nitrogens is 3. The molecular weight excluding hydrogens is 490 g/mol. The summed E-state index contributed by atoms with van der Waals surface area (Å²) < 4.78 is 27.9. The molecule has 188 valence electrons. The average molecular weight is 526 g/mol. The van der Waals surface area contributed by atoms with Crippen molar-refractivity contribution < 1.29 is 13.2 Å². The van der Waals surface area contributed by atoms with Gasteiger partial charge in [-0.2, -0.15) is 0 Å². The van der Waals surface area contributed by atoms with Crippen LogP contribution < -0.4 is 9.62 Å². The van der Waals surface area contributed by atoms with Crippen molar-refractivity contribution in [3.05, 3.63) is 18.6 Å². The van der Waals surface area contributed by atoms with Crippen molar-refractivity contribution in [1.82, 2.24) is 19.3 Å². The Hall–Kier alpha value is -1.30. The lowest BCUT2D eigenvalue weighted by Crippen LogP contribution is -2.38. The smallest absolute Gasteiger partial charge is 0.232 e. The van der Waals surface area contributed by atoms with Gasteiger partial charge in [0.05, 0.1) is 11.1 Å². The molecule has 2 aliphatic rings. The van der Waals surface area contributed by atoms with Crippen LogP contribution in [0.15, 0.2) is 18.6 Å². The number of carbonyl (C=O) groups excluding carboxylic acids is 1. The molecule has 2 fully saturated rings. The summed E-state index contributed by atoms with van der Waals surface area (Å²) in [7, 11) is 4.29. The highest BCUT2D eigenvalue weighted by molar-refractivity contribution is 8.77. The van der Waals surface area contributed by atoms with Crippen LogP contribution in [0.2, 0.25) is 0 Å². The maximum atomic E-state index is 12.9. The second kappa shape index (κ2) is 11.6. The van der Waals surface area contributed by atoms with E-state index in [-0.39, 0.29) is 23.6 Å². The average Bonchev–Trinajstić information content (AvgIpc) is 3.51. The third-order valence-electron chi connectivity index (χ3n) is 7.09. The van der Waals surface area contributed by atoms with Gasteiger partial charge in [0.25, 0.3) is 0 Å². The molecule has 8 nitrogen and oxygen atoms in total. The highest BCUT2D eigenvalue weighted by Gasteiger charge is 2.28. The van der Waals surface area contributed by atoms with Gasteiger partial charge in [-0.25, -0.2) is 23.1 Å². The summed E-state index contributed by atoms with van der Waals surface area (Å²) in [4.78, 5) is 24.1. The standard InChI is InChI=1S/C23H35N5O3S3/c1-24-34(30,31)15-17-7-9-18(10-8-17)27(2)22-20-11-13-28(23(20)26-16-25-22)21(29)6-4-3-5-19-12-14-32-33-19/h11,13,16-19,24H,3-10,12,14-15H2,1-2H3/t17?,18?,19-/m1/s1. The zero-order valence-corrected chi connectivity index (χ0v) is 22.4. The van der Waals surface area contributed by atoms with Crippen LogP contribution in [0, 0.1) is 5.92 Å². The summed E-state index contributed by atoms with van der Waals surface area (Å²) in [5, 5.41) is 1.64. The van der Waals surface area contributed by atoms with E-state index in [0.29, 0.717) is 12.1 Å². The second-order valence-electron chi connectivity index (χ2n) is 9.36. The van der Waals surface area contributed by atoms with Gasteiger partial charge in [0.15, 0.2) is 5.65 Å². The van der Waals surface area contributed by atoms with Crippen LogP contribution in [0.5, 0.6) is 0 Å². The third kappa shape index (κ3) is 6.27. The fraction of sp³-hybridized carbons (Fsp3) is 0.696. The lowest BCUT2D eigenvalue weighted by Gasteiger charge is -2.35. The van der Waals surface area contributed by atoms with Gasteiger partial charge in [0, 0.05) is 36.7 Å². The number of sulfonamides is 1. The Morgan fingerprint density at radius 2 is 2.00 bits per heavy atom. The minimum atomic E-state index is -3.18. The highest BCUT2D eigenvalue weighted by atomic mass is 33.1. The fourth-order valence-corrected chi connectivity index (χ4v) is 9.17. The number of fused-ring (bicyclic) bond motifs is 1. The summed E-state index contributed by atoms with van der Waals surface area (Å²) in [6.07, 6.45) is 12.0. The van der Waals surface area contributed by atoms with Crippen molar-refractivity contribution in [3.8, 4) is 0 Å². The molecule has 1 atom stereocenters. The highest BCUT2D eigenvalue weighted by Crippen LogP contribution is 2.40. The largest absolute Gasteiger partial charge is 0.356 e. The molecule has 34 heavy (non-hydrogen) atoms. The third-order valence-corrected chi connectivity index (χ3v) is 11.6. The minimum Gasteiger partial charge on any atom is -0.356 e. The number of carbonyl (C=O) groups is 1. The monoisotopic (exact) mass is 525 g/mol. The molecule has 1 saturated carbocycles. The number of nitrogens with zero attached hydrogens (tertiary/aromatic N) is 4. The van der Waals surface area contributed by atoms with E-state index in [4.69, 9.17) is 0 Å². The van der Waals surface area contributed by atoms with Gasteiger partial charge in [-0.3, -0.25) is 9.36 Å². The fourth-order valence-electron chi connectivity index (χ4n) is 5.02. The number of anilines is 1. The maximum Gasteiger partial charge on any atom is 0.232 e. The number of rotatable bonds is 10. The summed E-state index contributed by atoms with van der Waals surface area (Å²) in [5.41, 5.74) is 0.665. The van der Waals surface area contributed by atoms with Crippen molar-refractivity contribution >= 4 is 54.4 Å². The van der Waals surface area contributed by atoms with Crippen molar-refractivity contribution in [3.63, 3.8) is 0 Å². The van der Waals surface area contributed by atoms with Crippen molar-refractivity contribution in [2.45, 2.75) is 69.1 Å². The Balaban J connectivity index is 1.36. The van der Waals surface area contributed by atoms with Gasteiger partial charge in [-0.1, -0.05) is 28.0 Å². The van der Waals surface area contributed by atoms with E-state index < -0.39 is 10.0 Å². The first-order valence-corrected chi connectivity index (χ1v) is 16.2. The first-order chi connectivity index (χ1) is 16.4. The van der Waals surface area contributed by atoms with Crippen LogP contribution >= 0.6 is 21.6 Å². The molecule has 4 rings (SSSR count). The Labute approximate surface area is 210 Å². The minimum absolute atomic E-state index is 0.0852. The lowest BCUT2D eigenvalue weighted by molar-refractivity contribution is 0.0903. The van der Waals surface area contributed by atoms with E-state index >= 15 is 0 Å². The summed E-state index contributed by atoms with van der Waals surface area (Å²) in [5.74, 6) is 2.55. The SMILES string of the molecule is CNS(=O)(=O)CC1CCC(N(C)c2ncnc3c2ccn3C(=O)CCCC[C@@H]2CCSS2)CC1. The number of hydrogen-bond acceptors (Lipinski definition) is 8. The first kappa shape index (κ1) is 25.8. The zero-order valence-electron chi connectivity index (χ0n) is 20.0. The summed E-state index contributed by atoms with van der Waals surface area (Å²) in [6, 6.07) is 2.23. The molecule has 2 aromatic rings. The van der Waals surface area contributed by atoms with Crippen molar-refractivity contribution in [2.24, 2.45) is 5.92 Å². The molecule has 0 unspecified atom stereocenters. The Morgan fingerprint density at radius 3 is 2.71 bits per heavy atom. The number of nitrogens with one attached hydrogen (secondary N) is 1. The van der Waals surface area contributed by atoms with Crippen LogP contribution in [0.4, 0.5) is 5.82 Å². The molecule has 1 saturated heterocycles. The van der Waals surface area contributed by atoms with Crippen LogP contribution in [0.3, 0.4) is 0 Å². The van der Waals surface area contributed by atoms with E-state index in [9.17, 15) is 13.2 Å². The molecular formula is C23H35N5O3S3. The van der Waals surface area contributed by atoms with Crippen molar-refractivity contribution in [2.75, 3.05) is 30.5 Å². The summed E-state index contributed by atoms with van der Waals surface area (Å²) in [6.45, 7) is 0. The van der Waals surface area contributed by atoms with Gasteiger partial charge in [0.2, 0.25) is 15.9 Å². The molecule has 0 bridgehead atoms. The van der Waals surface area contributed by atoms with Crippen LogP contribution in [0.1, 0.15) is 62.6 Å². The Kier molecular flexibility index (Phi) is 8.81. The van der Waals surface area contributed by atoms with Gasteiger partial charge in [0.1, 0.15) is 12.1 Å². The van der Waals surface area contributed by atoms with Crippen LogP contribution in [-0.2, 0) is 10.0 Å². The van der Waals surface area contributed by atoms with E-state index in [2.05, 4.69) is 19.6 Å². The van der Waals surface area contributed by atoms with E-state index in [1.165, 1.54) is 32.0 Å². The molecule has 2 aromatic heterocycles. The topological polar surface area (TPSA) is 97.2 Å². The van der Waals surface area contributed by atoms with Crippen LogP contribution in [0.25, 0.3) is 11.0 Å². The quantitative estimate of drug-likeness (QED) is 0.362. The molecule has 0 amide bonds. The van der Waals surface area contributed by atoms with E-state index in [1.54, 1.807) is 4.57 Å². The van der Waals surface area contributed by atoms with Gasteiger partial charge in [-0.05, 0) is 64.0 Å². The molecule has 11 heteroatoms. The summed E-state index contributed by atoms with van der Waals surface area (Å²) >= 11 is 0. The molecule has 3 heterocycles. The predicted molar refractivity (Wildman–Crippen MR) is 142 cm³/mol. The molecule has 0 aromatic carbocycles. The van der Waals surface area contributed by atoms with Gasteiger partial charge < -0.3 is 4.90 Å². The number of unbranched alkanes of at least 4 members (excludes halogenated alkanes) is 1. The first-order valence-electron chi connectivity index (χ1n) is 12.2. The Bertz CT molecular complexity index is 1080. The van der Waals surface area contributed by atoms with E-state index in [0.717, 1.165) is 55.0 Å². The zero-order chi connectivity index (χ0) is 24.1. The predicted octanol–water partition coefficient (Wildman–Crippen LogP) is 4.33. The normalized spacial score (nSPS) is 23.4. The molecule has 1 aliphatic heterocycles. The molecule has 0 radical (unpaired) electrons. The van der Waals surface area contributed by atoms with Crippen LogP contribution in [-0.4, -0.2) is 65.8 Å². The van der Waals surface area contributed by atoms with Crippen molar-refractivity contribution in [1.29, 1.82) is 0 Å². The maximum absolute atomic E-state index is 12.9. The Morgan fingerprint density at radius 1 is 1.21 bits per heavy atom. The van der Waals surface area contributed by atoms with Gasteiger partial charge in [-0.15, -0.1) is 0 Å². The molecule has 1 N–H and O–H groups in total.